The van der Waals surface area contributed by atoms with E-state index >= 15 is 0 Å². The first-order valence-electron chi connectivity index (χ1n) is 4.24. The molecule has 3 nitrogen and oxygen atoms in total. The van der Waals surface area contributed by atoms with Crippen molar-refractivity contribution in [1.82, 2.24) is 5.16 Å². The van der Waals surface area contributed by atoms with Gasteiger partial charge >= 0.3 is 0 Å². The topological polar surface area (TPSA) is 46.3 Å². The van der Waals surface area contributed by atoms with Gasteiger partial charge in [-0.1, -0.05) is 28.9 Å². The molecule has 0 amide bonds. The lowest BCUT2D eigenvalue weighted by Gasteiger charge is -2.00. The molecule has 5 heteroatoms. The Bertz CT molecular complexity index is 484. The van der Waals surface area contributed by atoms with E-state index < -0.39 is 0 Å². The van der Waals surface area contributed by atoms with Crippen LogP contribution in [0.15, 0.2) is 33.4 Å². The van der Waals surface area contributed by atoms with E-state index in [9.17, 15) is 0 Å². The summed E-state index contributed by atoms with van der Waals surface area (Å²) in [6.07, 6.45) is 0. The van der Waals surface area contributed by atoms with Crippen LogP contribution in [0.1, 0.15) is 5.56 Å². The highest BCUT2D eigenvalue weighted by atomic mass is 79.9. The molecular weight excluding hydrogens is 281 g/mol. The zero-order valence-corrected chi connectivity index (χ0v) is 9.92. The minimum atomic E-state index is -0.148. The standard InChI is InChI=1S/C10H7BrClNO2/c11-10-7(5-14)9(15-13-10)6-3-1-2-4-8(6)12/h1-4,14H,5H2. The van der Waals surface area contributed by atoms with Crippen LogP contribution in [0.25, 0.3) is 11.3 Å². The molecule has 0 aliphatic carbocycles. The summed E-state index contributed by atoms with van der Waals surface area (Å²) in [5, 5.41) is 13.5. The maximum atomic E-state index is 9.17. The number of aliphatic hydroxyl groups is 1. The fourth-order valence-corrected chi connectivity index (χ4v) is 1.88. The normalized spacial score (nSPS) is 10.6. The first-order chi connectivity index (χ1) is 7.24. The minimum absolute atomic E-state index is 0.148. The summed E-state index contributed by atoms with van der Waals surface area (Å²) in [7, 11) is 0. The van der Waals surface area contributed by atoms with Gasteiger partial charge in [0.2, 0.25) is 0 Å². The molecular formula is C10H7BrClNO2. The van der Waals surface area contributed by atoms with Gasteiger partial charge in [0.1, 0.15) is 0 Å². The Labute approximate surface area is 99.8 Å². The monoisotopic (exact) mass is 287 g/mol. The lowest BCUT2D eigenvalue weighted by Crippen LogP contribution is -1.86. The van der Waals surface area contributed by atoms with Crippen LogP contribution in [-0.2, 0) is 6.61 Å². The summed E-state index contributed by atoms with van der Waals surface area (Å²) in [5.41, 5.74) is 1.32. The first kappa shape index (κ1) is 10.7. The van der Waals surface area contributed by atoms with Gasteiger partial charge in [-0.2, -0.15) is 0 Å². The van der Waals surface area contributed by atoms with Crippen molar-refractivity contribution in [3.63, 3.8) is 0 Å². The molecule has 0 bridgehead atoms. The third-order valence-electron chi connectivity index (χ3n) is 2.02. The van der Waals surface area contributed by atoms with Gasteiger partial charge in [-0.3, -0.25) is 0 Å². The van der Waals surface area contributed by atoms with E-state index in [4.69, 9.17) is 21.2 Å². The Morgan fingerprint density at radius 3 is 2.80 bits per heavy atom. The summed E-state index contributed by atoms with van der Waals surface area (Å²) in [6.45, 7) is -0.148. The third-order valence-corrected chi connectivity index (χ3v) is 2.97. The summed E-state index contributed by atoms with van der Waals surface area (Å²) in [4.78, 5) is 0. The van der Waals surface area contributed by atoms with Gasteiger partial charge in [-0.25, -0.2) is 0 Å². The van der Waals surface area contributed by atoms with Crippen LogP contribution in [0.2, 0.25) is 5.02 Å². The van der Waals surface area contributed by atoms with Crippen molar-refractivity contribution in [2.45, 2.75) is 6.61 Å². The van der Waals surface area contributed by atoms with Crippen LogP contribution in [0, 0.1) is 0 Å². The number of aromatic nitrogens is 1. The van der Waals surface area contributed by atoms with Gasteiger partial charge in [0.25, 0.3) is 0 Å². The van der Waals surface area contributed by atoms with E-state index in [1.165, 1.54) is 0 Å². The van der Waals surface area contributed by atoms with E-state index in [0.29, 0.717) is 20.9 Å². The van der Waals surface area contributed by atoms with Crippen molar-refractivity contribution in [3.8, 4) is 11.3 Å². The molecule has 1 heterocycles. The van der Waals surface area contributed by atoms with Gasteiger partial charge in [-0.15, -0.1) is 0 Å². The average Bonchev–Trinajstić information content (AvgIpc) is 2.60. The van der Waals surface area contributed by atoms with Crippen molar-refractivity contribution < 1.29 is 9.63 Å². The first-order valence-corrected chi connectivity index (χ1v) is 5.41. The van der Waals surface area contributed by atoms with Gasteiger partial charge in [0.05, 0.1) is 17.2 Å². The Hall–Kier alpha value is -0.840. The Morgan fingerprint density at radius 2 is 2.13 bits per heavy atom. The lowest BCUT2D eigenvalue weighted by atomic mass is 10.1. The highest BCUT2D eigenvalue weighted by Crippen LogP contribution is 2.33. The molecule has 1 aromatic heterocycles. The van der Waals surface area contributed by atoms with Crippen molar-refractivity contribution in [2.75, 3.05) is 0 Å². The molecule has 78 valence electrons. The van der Waals surface area contributed by atoms with Gasteiger partial charge in [0.15, 0.2) is 10.4 Å². The Kier molecular flexibility index (Phi) is 3.09. The fraction of sp³-hybridized carbons (Fsp3) is 0.100. The number of nitrogens with zero attached hydrogens (tertiary/aromatic N) is 1. The molecule has 0 spiro atoms. The zero-order chi connectivity index (χ0) is 10.8. The molecule has 1 N–H and O–H groups in total. The molecule has 0 atom stereocenters. The van der Waals surface area contributed by atoms with Crippen LogP contribution in [0.3, 0.4) is 0 Å². The molecule has 0 radical (unpaired) electrons. The van der Waals surface area contributed by atoms with E-state index in [0.717, 1.165) is 5.56 Å². The maximum absolute atomic E-state index is 9.17. The second kappa shape index (κ2) is 4.35. The Morgan fingerprint density at radius 1 is 1.40 bits per heavy atom. The minimum Gasteiger partial charge on any atom is -0.391 e. The number of aliphatic hydroxyl groups excluding tert-OH is 1. The van der Waals surface area contributed by atoms with Crippen LogP contribution >= 0.6 is 27.5 Å². The van der Waals surface area contributed by atoms with E-state index in [1.807, 2.05) is 18.2 Å². The molecule has 1 aromatic carbocycles. The second-order valence-corrected chi connectivity index (χ2v) is 4.08. The van der Waals surface area contributed by atoms with E-state index in [1.54, 1.807) is 6.07 Å². The van der Waals surface area contributed by atoms with Gasteiger partial charge < -0.3 is 9.63 Å². The summed E-state index contributed by atoms with van der Waals surface area (Å²) >= 11 is 9.20. The van der Waals surface area contributed by atoms with Gasteiger partial charge in [0, 0.05) is 5.56 Å². The summed E-state index contributed by atoms with van der Waals surface area (Å²) in [5.74, 6) is 0.495. The number of rotatable bonds is 2. The highest BCUT2D eigenvalue weighted by molar-refractivity contribution is 9.10. The Balaban J connectivity index is 2.59. The maximum Gasteiger partial charge on any atom is 0.175 e. The number of halogens is 2. The van der Waals surface area contributed by atoms with Gasteiger partial charge in [-0.05, 0) is 28.1 Å². The molecule has 0 saturated heterocycles. The summed E-state index contributed by atoms with van der Waals surface area (Å²) < 4.78 is 5.61. The number of hydrogen-bond donors (Lipinski definition) is 1. The molecule has 0 fully saturated rings. The van der Waals surface area contributed by atoms with Crippen molar-refractivity contribution in [3.05, 3.63) is 39.5 Å². The van der Waals surface area contributed by atoms with Crippen LogP contribution < -0.4 is 0 Å². The third kappa shape index (κ3) is 1.93. The molecule has 2 rings (SSSR count). The molecule has 0 unspecified atom stereocenters. The number of hydrogen-bond acceptors (Lipinski definition) is 3. The van der Waals surface area contributed by atoms with E-state index in [-0.39, 0.29) is 6.61 Å². The second-order valence-electron chi connectivity index (χ2n) is 2.92. The quantitative estimate of drug-likeness (QED) is 0.922. The molecule has 0 aliphatic heterocycles. The van der Waals surface area contributed by atoms with Crippen LogP contribution in [-0.4, -0.2) is 10.3 Å². The SMILES string of the molecule is OCc1c(Br)noc1-c1ccccc1Cl. The molecule has 15 heavy (non-hydrogen) atoms. The predicted octanol–water partition coefficient (Wildman–Crippen LogP) is 3.25. The largest absolute Gasteiger partial charge is 0.391 e. The molecule has 0 saturated carbocycles. The highest BCUT2D eigenvalue weighted by Gasteiger charge is 2.16. The molecule has 2 aromatic rings. The smallest absolute Gasteiger partial charge is 0.175 e. The van der Waals surface area contributed by atoms with Crippen LogP contribution in [0.4, 0.5) is 0 Å². The lowest BCUT2D eigenvalue weighted by molar-refractivity contribution is 0.281. The number of benzene rings is 1. The summed E-state index contributed by atoms with van der Waals surface area (Å²) in [6, 6.07) is 7.25. The van der Waals surface area contributed by atoms with Crippen molar-refractivity contribution in [2.24, 2.45) is 0 Å². The van der Waals surface area contributed by atoms with Crippen LogP contribution in [0.5, 0.6) is 0 Å². The molecule has 0 aliphatic rings. The predicted molar refractivity (Wildman–Crippen MR) is 60.6 cm³/mol. The van der Waals surface area contributed by atoms with Crippen molar-refractivity contribution >= 4 is 27.5 Å². The average molecular weight is 289 g/mol. The zero-order valence-electron chi connectivity index (χ0n) is 7.58. The van der Waals surface area contributed by atoms with Crippen molar-refractivity contribution in [1.29, 1.82) is 0 Å². The van der Waals surface area contributed by atoms with E-state index in [2.05, 4.69) is 21.1 Å². The fourth-order valence-electron chi connectivity index (χ4n) is 1.28.